The second-order valence-electron chi connectivity index (χ2n) is 4.99. The largest absolute Gasteiger partial charge is 0.488 e. The second-order valence-corrected chi connectivity index (χ2v) is 7.25. The average Bonchev–Trinajstić information content (AvgIpc) is 2.05. The summed E-state index contributed by atoms with van der Waals surface area (Å²) in [4.78, 5) is 0. The van der Waals surface area contributed by atoms with Crippen molar-refractivity contribution in [1.82, 2.24) is 0 Å². The molecule has 0 fully saturated rings. The van der Waals surface area contributed by atoms with E-state index in [4.69, 9.17) is 4.74 Å². The second kappa shape index (κ2) is 4.93. The lowest BCUT2D eigenvalue weighted by molar-refractivity contribution is 0.131. The summed E-state index contributed by atoms with van der Waals surface area (Å²) in [5.41, 5.74) is 1.28. The van der Waals surface area contributed by atoms with Crippen LogP contribution in [0.4, 0.5) is 0 Å². The molecule has 0 saturated carbocycles. The van der Waals surface area contributed by atoms with E-state index in [2.05, 4.69) is 57.5 Å². The van der Waals surface area contributed by atoms with E-state index in [-0.39, 0.29) is 5.60 Å². The van der Waals surface area contributed by atoms with Crippen LogP contribution in [0.25, 0.3) is 0 Å². The minimum absolute atomic E-state index is 0.110. The molecule has 0 radical (unpaired) electrons. The van der Waals surface area contributed by atoms with Crippen LogP contribution >= 0.6 is 0 Å². The predicted octanol–water partition coefficient (Wildman–Crippen LogP) is 3.24. The molecule has 0 amide bonds. The molecule has 84 valence electrons. The monoisotopic (exact) mass is 225 g/mol. The van der Waals surface area contributed by atoms with E-state index in [1.165, 1.54) is 5.56 Å². The van der Waals surface area contributed by atoms with Gasteiger partial charge in [0.25, 0.3) is 0 Å². The van der Waals surface area contributed by atoms with Gasteiger partial charge in [0.05, 0.1) is 12.5 Å². The van der Waals surface area contributed by atoms with E-state index >= 15 is 0 Å². The normalized spacial score (nSPS) is 11.9. The lowest BCUT2D eigenvalue weighted by atomic mass is 10.2. The molecule has 2 heteroatoms. The molecule has 15 heavy (non-hydrogen) atoms. The number of rotatable bonds is 3. The van der Waals surface area contributed by atoms with Gasteiger partial charge < -0.3 is 4.74 Å². The summed E-state index contributed by atoms with van der Waals surface area (Å²) in [6.07, 6.45) is 4.53. The third kappa shape index (κ3) is 5.12. The lowest BCUT2D eigenvalue weighted by Gasteiger charge is -2.21. The maximum Gasteiger partial charge on any atom is 0.132 e. The molecular formula is C13H21OS+. The maximum absolute atomic E-state index is 5.76. The van der Waals surface area contributed by atoms with Crippen molar-refractivity contribution < 1.29 is 4.74 Å². The fourth-order valence-electron chi connectivity index (χ4n) is 1.34. The Labute approximate surface area is 96.2 Å². The van der Waals surface area contributed by atoms with Gasteiger partial charge in [0.2, 0.25) is 0 Å². The van der Waals surface area contributed by atoms with E-state index in [1.807, 2.05) is 0 Å². The van der Waals surface area contributed by atoms with Crippen LogP contribution in [0.5, 0.6) is 5.75 Å². The van der Waals surface area contributed by atoms with Crippen LogP contribution in [-0.4, -0.2) is 18.1 Å². The van der Waals surface area contributed by atoms with Crippen LogP contribution in [-0.2, 0) is 16.6 Å². The van der Waals surface area contributed by atoms with Crippen LogP contribution in [0.1, 0.15) is 26.3 Å². The maximum atomic E-state index is 5.76. The van der Waals surface area contributed by atoms with Crippen molar-refractivity contribution in [2.45, 2.75) is 32.1 Å². The predicted molar refractivity (Wildman–Crippen MR) is 69.7 cm³/mol. The Bertz CT molecular complexity index is 295. The van der Waals surface area contributed by atoms with Crippen LogP contribution in [0.3, 0.4) is 0 Å². The molecule has 0 bridgehead atoms. The number of ether oxygens (including phenoxy) is 1. The summed E-state index contributed by atoms with van der Waals surface area (Å²) in [6.45, 7) is 6.20. The highest BCUT2D eigenvalue weighted by Crippen LogP contribution is 2.19. The summed E-state index contributed by atoms with van der Waals surface area (Å²) in [5, 5.41) is 0. The molecule has 0 aliphatic heterocycles. The number of hydrogen-bond donors (Lipinski definition) is 0. The fourth-order valence-corrected chi connectivity index (χ4v) is 2.20. The van der Waals surface area contributed by atoms with Crippen molar-refractivity contribution in [2.24, 2.45) is 0 Å². The first-order chi connectivity index (χ1) is 6.87. The average molecular weight is 225 g/mol. The topological polar surface area (TPSA) is 9.23 Å². The number of hydrogen-bond acceptors (Lipinski definition) is 1. The first-order valence-corrected chi connectivity index (χ1v) is 7.40. The summed E-state index contributed by atoms with van der Waals surface area (Å²) in [7, 11) is 0.467. The molecule has 1 aromatic rings. The Kier molecular flexibility index (Phi) is 4.09. The van der Waals surface area contributed by atoms with Gasteiger partial charge in [-0.15, -0.1) is 0 Å². The molecular weight excluding hydrogens is 204 g/mol. The molecule has 0 aliphatic carbocycles. The van der Waals surface area contributed by atoms with E-state index in [0.29, 0.717) is 10.9 Å². The zero-order valence-electron chi connectivity index (χ0n) is 10.3. The third-order valence-electron chi connectivity index (χ3n) is 1.80. The highest BCUT2D eigenvalue weighted by atomic mass is 32.2. The van der Waals surface area contributed by atoms with Crippen molar-refractivity contribution >= 4 is 10.9 Å². The SMILES string of the molecule is C[S+](C)Cc1ccc(OC(C)(C)C)cc1. The highest BCUT2D eigenvalue weighted by molar-refractivity contribution is 7.94. The zero-order chi connectivity index (χ0) is 11.5. The first kappa shape index (κ1) is 12.4. The van der Waals surface area contributed by atoms with Crippen LogP contribution in [0.15, 0.2) is 24.3 Å². The van der Waals surface area contributed by atoms with Gasteiger partial charge in [0.1, 0.15) is 17.1 Å². The summed E-state index contributed by atoms with van der Waals surface area (Å²) in [6, 6.07) is 8.45. The molecule has 1 aromatic carbocycles. The molecule has 0 unspecified atom stereocenters. The van der Waals surface area contributed by atoms with E-state index in [0.717, 1.165) is 11.5 Å². The summed E-state index contributed by atoms with van der Waals surface area (Å²) in [5.74, 6) is 2.12. The smallest absolute Gasteiger partial charge is 0.132 e. The molecule has 1 nitrogen and oxygen atoms in total. The van der Waals surface area contributed by atoms with Crippen molar-refractivity contribution in [3.63, 3.8) is 0 Å². The van der Waals surface area contributed by atoms with Crippen LogP contribution < -0.4 is 4.74 Å². The fraction of sp³-hybridized carbons (Fsp3) is 0.538. The lowest BCUT2D eigenvalue weighted by Crippen LogP contribution is -2.22. The Hall–Kier alpha value is -0.630. The van der Waals surface area contributed by atoms with Crippen molar-refractivity contribution in [3.05, 3.63) is 29.8 Å². The van der Waals surface area contributed by atoms with Crippen molar-refractivity contribution in [2.75, 3.05) is 12.5 Å². The van der Waals surface area contributed by atoms with E-state index < -0.39 is 0 Å². The zero-order valence-corrected chi connectivity index (χ0v) is 11.1. The van der Waals surface area contributed by atoms with Gasteiger partial charge >= 0.3 is 0 Å². The molecule has 0 spiro atoms. The molecule has 0 saturated heterocycles. The first-order valence-electron chi connectivity index (χ1n) is 5.19. The Balaban J connectivity index is 2.64. The van der Waals surface area contributed by atoms with Gasteiger partial charge in [-0.25, -0.2) is 0 Å². The number of benzene rings is 1. The molecule has 0 heterocycles. The quantitative estimate of drug-likeness (QED) is 0.718. The van der Waals surface area contributed by atoms with Gasteiger partial charge in [0, 0.05) is 5.56 Å². The summed E-state index contributed by atoms with van der Waals surface area (Å²) < 4.78 is 5.76. The molecule has 1 rings (SSSR count). The molecule has 0 aliphatic rings. The Morgan fingerprint density at radius 3 is 2.00 bits per heavy atom. The van der Waals surface area contributed by atoms with Gasteiger partial charge in [-0.3, -0.25) is 0 Å². The van der Waals surface area contributed by atoms with Gasteiger partial charge in [0.15, 0.2) is 0 Å². The van der Waals surface area contributed by atoms with Crippen molar-refractivity contribution in [3.8, 4) is 5.75 Å². The molecule has 0 aromatic heterocycles. The Morgan fingerprint density at radius 1 is 1.07 bits per heavy atom. The Morgan fingerprint density at radius 2 is 1.60 bits per heavy atom. The van der Waals surface area contributed by atoms with Crippen LogP contribution in [0, 0.1) is 0 Å². The van der Waals surface area contributed by atoms with E-state index in [9.17, 15) is 0 Å². The van der Waals surface area contributed by atoms with Crippen LogP contribution in [0.2, 0.25) is 0 Å². The van der Waals surface area contributed by atoms with Gasteiger partial charge in [-0.1, -0.05) is 12.1 Å². The minimum atomic E-state index is -0.110. The molecule has 0 N–H and O–H groups in total. The van der Waals surface area contributed by atoms with E-state index in [1.54, 1.807) is 0 Å². The van der Waals surface area contributed by atoms with Gasteiger partial charge in [-0.05, 0) is 43.8 Å². The van der Waals surface area contributed by atoms with Gasteiger partial charge in [-0.2, -0.15) is 0 Å². The standard InChI is InChI=1S/C13H21OS/c1-13(2,3)14-12-8-6-11(7-9-12)10-15(4)5/h6-9H,10H2,1-5H3/q+1. The minimum Gasteiger partial charge on any atom is -0.488 e. The molecule has 0 atom stereocenters. The van der Waals surface area contributed by atoms with Crippen molar-refractivity contribution in [1.29, 1.82) is 0 Å². The third-order valence-corrected chi connectivity index (χ3v) is 2.71. The highest BCUT2D eigenvalue weighted by Gasteiger charge is 2.11. The summed E-state index contributed by atoms with van der Waals surface area (Å²) >= 11 is 0.